The second-order valence-corrected chi connectivity index (χ2v) is 5.33. The van der Waals surface area contributed by atoms with Crippen molar-refractivity contribution in [3.63, 3.8) is 0 Å². The van der Waals surface area contributed by atoms with Gasteiger partial charge in [-0.15, -0.1) is 11.3 Å². The normalized spacial score (nSPS) is 10.7. The molecule has 3 N–H and O–H groups in total. The van der Waals surface area contributed by atoms with Crippen LogP contribution in [0.4, 0.5) is 0 Å². The molecule has 0 atom stereocenters. The molecule has 3 rings (SSSR count). The molecule has 1 amide bonds. The van der Waals surface area contributed by atoms with E-state index in [9.17, 15) is 14.7 Å². The number of thiophene rings is 1. The van der Waals surface area contributed by atoms with E-state index in [1.807, 2.05) is 0 Å². The molecule has 7 nitrogen and oxygen atoms in total. The number of hydrogen-bond donors (Lipinski definition) is 3. The maximum atomic E-state index is 12.0. The standard InChI is InChI=1S/C14H10N2O5S/c17-9(18)5-15-14(20)11-12(19)13-8(2-4-22-13)10(16-11)7-1-3-21-6-7/h1-4,6,19H,5H2,(H,15,20)(H,17,18). The van der Waals surface area contributed by atoms with Gasteiger partial charge in [-0.3, -0.25) is 9.59 Å². The minimum atomic E-state index is -1.18. The highest BCUT2D eigenvalue weighted by Gasteiger charge is 2.21. The summed E-state index contributed by atoms with van der Waals surface area (Å²) >= 11 is 1.26. The molecule has 0 bridgehead atoms. The van der Waals surface area contributed by atoms with Crippen molar-refractivity contribution in [2.24, 2.45) is 0 Å². The Labute approximate surface area is 127 Å². The van der Waals surface area contributed by atoms with Gasteiger partial charge in [-0.2, -0.15) is 0 Å². The lowest BCUT2D eigenvalue weighted by Crippen LogP contribution is -2.30. The first-order valence-corrected chi connectivity index (χ1v) is 7.08. The maximum Gasteiger partial charge on any atom is 0.322 e. The van der Waals surface area contributed by atoms with Crippen LogP contribution in [0, 0.1) is 0 Å². The van der Waals surface area contributed by atoms with E-state index in [0.29, 0.717) is 21.3 Å². The summed E-state index contributed by atoms with van der Waals surface area (Å²) in [6.07, 6.45) is 2.96. The summed E-state index contributed by atoms with van der Waals surface area (Å²) < 4.78 is 5.53. The van der Waals surface area contributed by atoms with Gasteiger partial charge >= 0.3 is 5.97 Å². The zero-order chi connectivity index (χ0) is 15.7. The lowest BCUT2D eigenvalue weighted by Gasteiger charge is -2.08. The van der Waals surface area contributed by atoms with E-state index < -0.39 is 18.4 Å². The fourth-order valence-electron chi connectivity index (χ4n) is 2.03. The van der Waals surface area contributed by atoms with Gasteiger partial charge in [0.25, 0.3) is 5.91 Å². The lowest BCUT2D eigenvalue weighted by molar-refractivity contribution is -0.135. The number of carbonyl (C=O) groups excluding carboxylic acids is 1. The summed E-state index contributed by atoms with van der Waals surface area (Å²) in [5.74, 6) is -2.19. The van der Waals surface area contributed by atoms with Crippen LogP contribution in [0.15, 0.2) is 34.5 Å². The van der Waals surface area contributed by atoms with Crippen molar-refractivity contribution in [3.8, 4) is 17.0 Å². The lowest BCUT2D eigenvalue weighted by atomic mass is 10.1. The Morgan fingerprint density at radius 2 is 2.18 bits per heavy atom. The smallest absolute Gasteiger partial charge is 0.322 e. The summed E-state index contributed by atoms with van der Waals surface area (Å²) in [6.45, 7) is -0.552. The molecule has 3 aromatic heterocycles. The first-order chi connectivity index (χ1) is 10.6. The molecule has 0 aliphatic carbocycles. The molecule has 0 saturated heterocycles. The molecule has 0 aliphatic heterocycles. The molecular formula is C14H10N2O5S. The number of hydrogen-bond acceptors (Lipinski definition) is 6. The van der Waals surface area contributed by atoms with Crippen molar-refractivity contribution < 1.29 is 24.2 Å². The van der Waals surface area contributed by atoms with Crippen LogP contribution in [0.1, 0.15) is 10.5 Å². The van der Waals surface area contributed by atoms with Crippen molar-refractivity contribution >= 4 is 33.3 Å². The van der Waals surface area contributed by atoms with Crippen LogP contribution in [-0.2, 0) is 4.79 Å². The van der Waals surface area contributed by atoms with Crippen LogP contribution in [0.25, 0.3) is 21.3 Å². The van der Waals surface area contributed by atoms with E-state index in [2.05, 4.69) is 10.3 Å². The molecule has 0 fully saturated rings. The summed E-state index contributed by atoms with van der Waals surface area (Å²) in [4.78, 5) is 26.8. The number of pyridine rings is 1. The molecule has 3 aromatic rings. The average Bonchev–Trinajstić information content (AvgIpc) is 3.16. The largest absolute Gasteiger partial charge is 0.504 e. The molecule has 8 heteroatoms. The Morgan fingerprint density at radius 1 is 1.36 bits per heavy atom. The van der Waals surface area contributed by atoms with E-state index in [-0.39, 0.29) is 11.4 Å². The molecule has 0 spiro atoms. The van der Waals surface area contributed by atoms with Crippen LogP contribution in [-0.4, -0.2) is 33.6 Å². The SMILES string of the molecule is O=C(O)CNC(=O)c1nc(-c2ccoc2)c2ccsc2c1O. The number of rotatable bonds is 4. The minimum absolute atomic E-state index is 0.215. The number of aliphatic carboxylic acids is 1. The van der Waals surface area contributed by atoms with E-state index >= 15 is 0 Å². The Kier molecular flexibility index (Phi) is 3.51. The van der Waals surface area contributed by atoms with E-state index in [1.165, 1.54) is 23.9 Å². The van der Waals surface area contributed by atoms with Crippen molar-refractivity contribution in [3.05, 3.63) is 35.7 Å². The average molecular weight is 318 g/mol. The highest BCUT2D eigenvalue weighted by molar-refractivity contribution is 7.17. The Hall–Kier alpha value is -2.87. The molecule has 0 aliphatic rings. The number of carbonyl (C=O) groups is 2. The number of fused-ring (bicyclic) bond motifs is 1. The van der Waals surface area contributed by atoms with Crippen LogP contribution in [0.3, 0.4) is 0 Å². The van der Waals surface area contributed by atoms with Crippen LogP contribution < -0.4 is 5.32 Å². The maximum absolute atomic E-state index is 12.0. The second-order valence-electron chi connectivity index (χ2n) is 4.41. The number of amides is 1. The third kappa shape index (κ3) is 2.40. The van der Waals surface area contributed by atoms with Gasteiger partial charge in [0.2, 0.25) is 0 Å². The van der Waals surface area contributed by atoms with Gasteiger partial charge in [-0.1, -0.05) is 0 Å². The zero-order valence-electron chi connectivity index (χ0n) is 11.1. The van der Waals surface area contributed by atoms with Gasteiger partial charge in [0.1, 0.15) is 6.54 Å². The van der Waals surface area contributed by atoms with Gasteiger partial charge in [-0.25, -0.2) is 4.98 Å². The highest BCUT2D eigenvalue weighted by Crippen LogP contribution is 2.38. The molecule has 0 saturated carbocycles. The van der Waals surface area contributed by atoms with Crippen LogP contribution >= 0.6 is 11.3 Å². The third-order valence-electron chi connectivity index (χ3n) is 2.99. The minimum Gasteiger partial charge on any atom is -0.504 e. The summed E-state index contributed by atoms with van der Waals surface area (Å²) in [5.41, 5.74) is 0.936. The van der Waals surface area contributed by atoms with Gasteiger partial charge in [-0.05, 0) is 17.5 Å². The predicted octanol–water partition coefficient (Wildman–Crippen LogP) is 2.08. The molecule has 3 heterocycles. The molecule has 0 radical (unpaired) electrons. The van der Waals surface area contributed by atoms with E-state index in [4.69, 9.17) is 9.52 Å². The monoisotopic (exact) mass is 318 g/mol. The molecule has 0 unspecified atom stereocenters. The zero-order valence-corrected chi connectivity index (χ0v) is 11.9. The first kappa shape index (κ1) is 14.1. The van der Waals surface area contributed by atoms with Gasteiger partial charge in [0.05, 0.1) is 22.9 Å². The Balaban J connectivity index is 2.13. The fourth-order valence-corrected chi connectivity index (χ4v) is 2.87. The number of aromatic hydroxyl groups is 1. The van der Waals surface area contributed by atoms with Gasteiger partial charge in [0.15, 0.2) is 11.4 Å². The van der Waals surface area contributed by atoms with Crippen LogP contribution in [0.5, 0.6) is 5.75 Å². The fraction of sp³-hybridized carbons (Fsp3) is 0.0714. The molecule has 22 heavy (non-hydrogen) atoms. The summed E-state index contributed by atoms with van der Waals surface area (Å²) in [6, 6.07) is 3.48. The number of nitrogens with one attached hydrogen (secondary N) is 1. The Morgan fingerprint density at radius 3 is 2.86 bits per heavy atom. The number of aromatic nitrogens is 1. The van der Waals surface area contributed by atoms with Gasteiger partial charge in [0, 0.05) is 10.9 Å². The van der Waals surface area contributed by atoms with Crippen molar-refractivity contribution in [2.75, 3.05) is 6.54 Å². The molecule has 112 valence electrons. The van der Waals surface area contributed by atoms with E-state index in [0.717, 1.165) is 0 Å². The topological polar surface area (TPSA) is 113 Å². The first-order valence-electron chi connectivity index (χ1n) is 6.20. The summed E-state index contributed by atoms with van der Waals surface area (Å²) in [7, 11) is 0. The number of carboxylic acids is 1. The predicted molar refractivity (Wildman–Crippen MR) is 79.0 cm³/mol. The summed E-state index contributed by atoms with van der Waals surface area (Å²) in [5, 5.41) is 23.5. The molecule has 0 aromatic carbocycles. The van der Waals surface area contributed by atoms with Crippen molar-refractivity contribution in [1.29, 1.82) is 0 Å². The number of carboxylic acid groups (broad SMARTS) is 1. The number of furan rings is 1. The second kappa shape index (κ2) is 5.49. The van der Waals surface area contributed by atoms with Crippen LogP contribution in [0.2, 0.25) is 0 Å². The number of nitrogens with zero attached hydrogens (tertiary/aromatic N) is 1. The Bertz CT molecular complexity index is 854. The van der Waals surface area contributed by atoms with Crippen molar-refractivity contribution in [2.45, 2.75) is 0 Å². The third-order valence-corrected chi connectivity index (χ3v) is 3.91. The highest BCUT2D eigenvalue weighted by atomic mass is 32.1. The molecular weight excluding hydrogens is 308 g/mol. The quantitative estimate of drug-likeness (QED) is 0.679. The van der Waals surface area contributed by atoms with Gasteiger partial charge < -0.3 is 19.9 Å². The van der Waals surface area contributed by atoms with Crippen molar-refractivity contribution in [1.82, 2.24) is 10.3 Å². The van der Waals surface area contributed by atoms with E-state index in [1.54, 1.807) is 17.5 Å².